The first-order chi connectivity index (χ1) is 9.28. The molecule has 0 heterocycles. The second-order valence-electron chi connectivity index (χ2n) is 4.72. The van der Waals surface area contributed by atoms with Crippen LogP contribution >= 0.6 is 0 Å². The molecule has 0 N–H and O–H groups in total. The summed E-state index contributed by atoms with van der Waals surface area (Å²) in [5, 5.41) is 0. The molecular weight excluding hydrogens is 304 g/mol. The molecule has 8 heteroatoms. The van der Waals surface area contributed by atoms with E-state index in [2.05, 4.69) is 0 Å². The van der Waals surface area contributed by atoms with Crippen LogP contribution in [0.25, 0.3) is 0 Å². The fraction of sp³-hybridized carbons (Fsp3) is 1.00. The van der Waals surface area contributed by atoms with Crippen LogP contribution in [0.2, 0.25) is 0 Å². The molecule has 0 bridgehead atoms. The Balaban J connectivity index is 4.29. The van der Waals surface area contributed by atoms with E-state index in [1.54, 1.807) is 6.26 Å². The topological polar surface area (TPSA) is 78.9 Å². The maximum atomic E-state index is 11.3. The second kappa shape index (κ2) is 10.7. The first-order valence-corrected chi connectivity index (χ1v) is 10.3. The average molecular weight is 330 g/mol. The lowest BCUT2D eigenvalue weighted by atomic mass is 10.4. The van der Waals surface area contributed by atoms with Gasteiger partial charge >= 0.3 is 0 Å². The predicted octanol–water partition coefficient (Wildman–Crippen LogP) is 0.236. The zero-order valence-corrected chi connectivity index (χ0v) is 14.3. The Morgan fingerprint density at radius 1 is 1.20 bits per heavy atom. The van der Waals surface area contributed by atoms with E-state index in [-0.39, 0.29) is 18.5 Å². The number of hydrogen-bond donors (Lipinski definition) is 0. The van der Waals surface area contributed by atoms with Crippen LogP contribution in [0, 0.1) is 0 Å². The zero-order valence-electron chi connectivity index (χ0n) is 12.7. The van der Waals surface area contributed by atoms with Crippen molar-refractivity contribution in [3.8, 4) is 0 Å². The van der Waals surface area contributed by atoms with Crippen LogP contribution in [0.5, 0.6) is 0 Å². The molecule has 20 heavy (non-hydrogen) atoms. The van der Waals surface area contributed by atoms with Crippen molar-refractivity contribution in [3.05, 3.63) is 0 Å². The Morgan fingerprint density at radius 3 is 2.30 bits per heavy atom. The van der Waals surface area contributed by atoms with Crippen molar-refractivity contribution in [2.75, 3.05) is 50.9 Å². The Hall–Kier alpha value is -0.0200. The molecule has 0 spiro atoms. The van der Waals surface area contributed by atoms with Crippen LogP contribution in [0.4, 0.5) is 0 Å². The highest BCUT2D eigenvalue weighted by molar-refractivity contribution is 7.90. The number of sulfone groups is 1. The third-order valence-electron chi connectivity index (χ3n) is 2.41. The van der Waals surface area contributed by atoms with Crippen molar-refractivity contribution in [3.63, 3.8) is 0 Å². The van der Waals surface area contributed by atoms with Gasteiger partial charge in [-0.3, -0.25) is 4.21 Å². The van der Waals surface area contributed by atoms with Crippen molar-refractivity contribution < 1.29 is 26.8 Å². The van der Waals surface area contributed by atoms with Gasteiger partial charge in [-0.15, -0.1) is 0 Å². The van der Waals surface area contributed by atoms with Crippen LogP contribution in [-0.4, -0.2) is 75.8 Å². The standard InChI is InChI=1S/C12H26O6S2/c1-5-6-17-7-11(9-19(3)13)18-8-12(16-2)10-20(4,14)15/h11-12H,5-10H2,1-4H3. The molecule has 0 aliphatic carbocycles. The first-order valence-electron chi connectivity index (χ1n) is 6.48. The van der Waals surface area contributed by atoms with Crippen molar-refractivity contribution in [2.45, 2.75) is 25.6 Å². The summed E-state index contributed by atoms with van der Waals surface area (Å²) < 4.78 is 49.8. The highest BCUT2D eigenvalue weighted by atomic mass is 32.2. The lowest BCUT2D eigenvalue weighted by Crippen LogP contribution is -2.33. The van der Waals surface area contributed by atoms with Crippen LogP contribution in [0.1, 0.15) is 13.3 Å². The van der Waals surface area contributed by atoms with Gasteiger partial charge in [-0.1, -0.05) is 6.92 Å². The van der Waals surface area contributed by atoms with Crippen LogP contribution in [0.3, 0.4) is 0 Å². The predicted molar refractivity (Wildman–Crippen MR) is 80.3 cm³/mol. The Labute approximate surface area is 124 Å². The van der Waals surface area contributed by atoms with Gasteiger partial charge in [-0.25, -0.2) is 8.42 Å². The van der Waals surface area contributed by atoms with E-state index in [1.165, 1.54) is 7.11 Å². The summed E-state index contributed by atoms with van der Waals surface area (Å²) in [4.78, 5) is 0. The van der Waals surface area contributed by atoms with Gasteiger partial charge in [0.1, 0.15) is 9.84 Å². The minimum Gasteiger partial charge on any atom is -0.379 e. The fourth-order valence-corrected chi connectivity index (χ4v) is 3.15. The van der Waals surface area contributed by atoms with Gasteiger partial charge in [0.15, 0.2) is 0 Å². The van der Waals surface area contributed by atoms with Gasteiger partial charge in [-0.05, 0) is 6.42 Å². The average Bonchev–Trinajstić information content (AvgIpc) is 2.32. The summed E-state index contributed by atoms with van der Waals surface area (Å²) in [6, 6.07) is 0. The van der Waals surface area contributed by atoms with Gasteiger partial charge in [0.2, 0.25) is 0 Å². The largest absolute Gasteiger partial charge is 0.379 e. The first kappa shape index (κ1) is 20.0. The van der Waals surface area contributed by atoms with Gasteiger partial charge in [-0.2, -0.15) is 0 Å². The van der Waals surface area contributed by atoms with Gasteiger partial charge in [0.05, 0.1) is 36.9 Å². The van der Waals surface area contributed by atoms with Crippen molar-refractivity contribution in [1.82, 2.24) is 0 Å². The summed E-state index contributed by atoms with van der Waals surface area (Å²) in [6.07, 6.45) is 2.81. The van der Waals surface area contributed by atoms with E-state index in [0.29, 0.717) is 19.0 Å². The molecule has 3 atom stereocenters. The molecule has 6 nitrogen and oxygen atoms in total. The number of hydrogen-bond acceptors (Lipinski definition) is 6. The molecule has 0 aromatic carbocycles. The molecule has 0 radical (unpaired) electrons. The van der Waals surface area contributed by atoms with Crippen LogP contribution in [0.15, 0.2) is 0 Å². The van der Waals surface area contributed by atoms with E-state index in [4.69, 9.17) is 14.2 Å². The molecule has 0 fully saturated rings. The zero-order chi connectivity index (χ0) is 15.6. The second-order valence-corrected chi connectivity index (χ2v) is 8.38. The van der Waals surface area contributed by atoms with Gasteiger partial charge < -0.3 is 14.2 Å². The van der Waals surface area contributed by atoms with Crippen LogP contribution in [-0.2, 0) is 34.8 Å². The van der Waals surface area contributed by atoms with E-state index < -0.39 is 26.7 Å². The number of rotatable bonds is 12. The maximum Gasteiger partial charge on any atom is 0.150 e. The van der Waals surface area contributed by atoms with E-state index in [9.17, 15) is 12.6 Å². The minimum absolute atomic E-state index is 0.0960. The molecule has 0 aliphatic heterocycles. The van der Waals surface area contributed by atoms with Crippen LogP contribution < -0.4 is 0 Å². The highest BCUT2D eigenvalue weighted by Crippen LogP contribution is 2.03. The van der Waals surface area contributed by atoms with Crippen molar-refractivity contribution in [1.29, 1.82) is 0 Å². The smallest absolute Gasteiger partial charge is 0.150 e. The molecule has 3 unspecified atom stereocenters. The summed E-state index contributed by atoms with van der Waals surface area (Å²) >= 11 is 0. The fourth-order valence-electron chi connectivity index (χ4n) is 1.53. The molecule has 0 aromatic heterocycles. The van der Waals surface area contributed by atoms with Gasteiger partial charge in [0, 0.05) is 37.0 Å². The Kier molecular flexibility index (Phi) is 10.7. The number of ether oxygens (including phenoxy) is 3. The molecule has 122 valence electrons. The monoisotopic (exact) mass is 330 g/mol. The third kappa shape index (κ3) is 11.8. The quantitative estimate of drug-likeness (QED) is 0.477. The Bertz CT molecular complexity index is 368. The van der Waals surface area contributed by atoms with E-state index >= 15 is 0 Å². The Morgan fingerprint density at radius 2 is 1.85 bits per heavy atom. The maximum absolute atomic E-state index is 11.3. The molecule has 0 rings (SSSR count). The molecule has 0 aromatic rings. The number of methoxy groups -OCH3 is 1. The van der Waals surface area contributed by atoms with E-state index in [0.717, 1.165) is 12.7 Å². The minimum atomic E-state index is -3.12. The molecule has 0 amide bonds. The molecular formula is C12H26O6S2. The lowest BCUT2D eigenvalue weighted by Gasteiger charge is -2.20. The summed E-state index contributed by atoms with van der Waals surface area (Å²) in [7, 11) is -2.68. The van der Waals surface area contributed by atoms with E-state index in [1.807, 2.05) is 6.92 Å². The SMILES string of the molecule is CCCOCC(CS(C)=O)OCC(CS(C)(=O)=O)OC. The lowest BCUT2D eigenvalue weighted by molar-refractivity contribution is -0.0436. The van der Waals surface area contributed by atoms with Crippen molar-refractivity contribution >= 4 is 20.6 Å². The summed E-state index contributed by atoms with van der Waals surface area (Å²) in [6.45, 7) is 3.11. The summed E-state index contributed by atoms with van der Waals surface area (Å²) in [5.41, 5.74) is 0. The van der Waals surface area contributed by atoms with Gasteiger partial charge in [0.25, 0.3) is 0 Å². The molecule has 0 aliphatic rings. The molecule has 0 saturated carbocycles. The van der Waals surface area contributed by atoms with Crippen molar-refractivity contribution in [2.24, 2.45) is 0 Å². The normalized spacial score (nSPS) is 16.8. The third-order valence-corrected chi connectivity index (χ3v) is 4.23. The highest BCUT2D eigenvalue weighted by Gasteiger charge is 2.18. The molecule has 0 saturated heterocycles. The summed E-state index contributed by atoms with van der Waals surface area (Å²) in [5.74, 6) is 0.264.